The van der Waals surface area contributed by atoms with Crippen LogP contribution < -0.4 is 21.3 Å². The Labute approximate surface area is 330 Å². The number of aryl methyl sites for hydroxylation is 2. The topological polar surface area (TPSA) is 153 Å². The number of aliphatic imine (C=N–C) groups is 1. The molecule has 0 spiro atoms. The lowest BCUT2D eigenvalue weighted by Gasteiger charge is -2.25. The molecule has 0 unspecified atom stereocenters. The van der Waals surface area contributed by atoms with Gasteiger partial charge in [-0.1, -0.05) is 12.1 Å². The number of hydrogen-bond donors (Lipinski definition) is 4. The number of aromatic nitrogens is 2. The van der Waals surface area contributed by atoms with Gasteiger partial charge in [0.15, 0.2) is 5.11 Å². The average Bonchev–Trinajstić information content (AvgIpc) is 3.93. The highest BCUT2D eigenvalue weighted by molar-refractivity contribution is 7.80. The maximum atomic E-state index is 13.5. The van der Waals surface area contributed by atoms with Gasteiger partial charge in [-0.2, -0.15) is 0 Å². The number of fused-ring (bicyclic) bond motifs is 2. The Morgan fingerprint density at radius 2 is 1.34 bits per heavy atom. The first-order valence-corrected chi connectivity index (χ1v) is 19.3. The molecule has 4 aromatic heterocycles. The standard InChI is InChI=1S/C27H32N6O3.C15H13N3OS/c1-19-16-20-17-21(10-11-23(20)36-19)29-27(31-24-9-2-4-12-28-24)30-22-8-3-5-15-33(26(22)35)18-25(34)32-13-6-7-14-32;1-10-8-11-9-12(5-6-13(11)19-10)17-15(20)18-14-4-2-3-7-16-14/h2,4,9-12,16-17,22H,3,5-8,13-15,18H2,1H3,(H2,28,29,30,31);2-9H,1H3,(H2,16,17,18,20)/t22-;/m0./s1. The van der Waals surface area contributed by atoms with Crippen molar-refractivity contribution in [2.24, 2.45) is 4.99 Å². The zero-order valence-corrected chi connectivity index (χ0v) is 32.3. The third-order valence-electron chi connectivity index (χ3n) is 9.44. The van der Waals surface area contributed by atoms with E-state index in [1.807, 2.05) is 104 Å². The van der Waals surface area contributed by atoms with E-state index in [9.17, 15) is 9.59 Å². The fourth-order valence-electron chi connectivity index (χ4n) is 6.76. The van der Waals surface area contributed by atoms with Gasteiger partial charge in [0.05, 0.1) is 6.54 Å². The van der Waals surface area contributed by atoms with Crippen LogP contribution in [0, 0.1) is 13.8 Å². The summed E-state index contributed by atoms with van der Waals surface area (Å²) in [6.45, 7) is 6.12. The monoisotopic (exact) mass is 771 g/mol. The van der Waals surface area contributed by atoms with Crippen LogP contribution in [0.3, 0.4) is 0 Å². The first-order chi connectivity index (χ1) is 27.3. The summed E-state index contributed by atoms with van der Waals surface area (Å²) in [5.74, 6) is 3.42. The minimum atomic E-state index is -0.586. The summed E-state index contributed by atoms with van der Waals surface area (Å²) in [4.78, 5) is 43.1. The lowest BCUT2D eigenvalue weighted by molar-refractivity contribution is -0.140. The van der Waals surface area contributed by atoms with Gasteiger partial charge in [0.1, 0.15) is 40.4 Å². The fourth-order valence-corrected chi connectivity index (χ4v) is 6.98. The van der Waals surface area contributed by atoms with Crippen molar-refractivity contribution in [3.8, 4) is 0 Å². The number of carbonyl (C=O) groups is 2. The van der Waals surface area contributed by atoms with Gasteiger partial charge in [-0.15, -0.1) is 0 Å². The number of guanidine groups is 1. The highest BCUT2D eigenvalue weighted by Crippen LogP contribution is 2.25. The Morgan fingerprint density at radius 3 is 1.95 bits per heavy atom. The van der Waals surface area contributed by atoms with E-state index in [1.165, 1.54) is 0 Å². The number of hydrogen-bond acceptors (Lipinski definition) is 8. The van der Waals surface area contributed by atoms with Crippen LogP contribution in [0.15, 0.2) is 111 Å². The van der Waals surface area contributed by atoms with Gasteiger partial charge in [0, 0.05) is 54.2 Å². The summed E-state index contributed by atoms with van der Waals surface area (Å²) in [6, 6.07) is 26.2. The summed E-state index contributed by atoms with van der Waals surface area (Å²) in [5, 5.41) is 15.2. The molecule has 2 aromatic carbocycles. The van der Waals surface area contributed by atoms with Gasteiger partial charge in [-0.05, 0) is 131 Å². The summed E-state index contributed by atoms with van der Waals surface area (Å²) in [5.41, 5.74) is 3.41. The van der Waals surface area contributed by atoms with Gasteiger partial charge in [-0.3, -0.25) is 9.59 Å². The first-order valence-electron chi connectivity index (χ1n) is 18.8. The molecule has 6 heterocycles. The van der Waals surface area contributed by atoms with Crippen LogP contribution in [-0.2, 0) is 9.59 Å². The Balaban J connectivity index is 0.000000202. The van der Waals surface area contributed by atoms with Crippen molar-refractivity contribution in [3.05, 3.63) is 109 Å². The van der Waals surface area contributed by atoms with Crippen LogP contribution in [0.5, 0.6) is 0 Å². The van der Waals surface area contributed by atoms with Crippen LogP contribution >= 0.6 is 12.2 Å². The Kier molecular flexibility index (Phi) is 12.2. The highest BCUT2D eigenvalue weighted by atomic mass is 32.1. The number of amides is 2. The van der Waals surface area contributed by atoms with E-state index < -0.39 is 6.04 Å². The number of carbonyl (C=O) groups excluding carboxylic acids is 2. The summed E-state index contributed by atoms with van der Waals surface area (Å²) >= 11 is 5.26. The van der Waals surface area contributed by atoms with E-state index >= 15 is 0 Å². The minimum Gasteiger partial charge on any atom is -0.461 e. The predicted octanol–water partition coefficient (Wildman–Crippen LogP) is 7.96. The quantitative estimate of drug-likeness (QED) is 0.0710. The lowest BCUT2D eigenvalue weighted by atomic mass is 10.1. The highest BCUT2D eigenvalue weighted by Gasteiger charge is 2.30. The fraction of sp³-hybridized carbons (Fsp3) is 0.286. The number of rotatable bonds is 7. The molecule has 2 aliphatic rings. The predicted molar refractivity (Wildman–Crippen MR) is 225 cm³/mol. The molecule has 0 saturated carbocycles. The van der Waals surface area contributed by atoms with Crippen molar-refractivity contribution in [3.63, 3.8) is 0 Å². The molecule has 2 saturated heterocycles. The zero-order chi connectivity index (χ0) is 38.9. The minimum absolute atomic E-state index is 0.0270. The molecular formula is C42H45N9O4S. The summed E-state index contributed by atoms with van der Waals surface area (Å²) in [6.07, 6.45) is 7.83. The van der Waals surface area contributed by atoms with Gasteiger partial charge in [0.25, 0.3) is 0 Å². The molecule has 0 radical (unpaired) electrons. The molecule has 0 bridgehead atoms. The van der Waals surface area contributed by atoms with Crippen molar-refractivity contribution >= 4 is 80.1 Å². The third-order valence-corrected chi connectivity index (χ3v) is 9.64. The second kappa shape index (κ2) is 17.9. The molecule has 1 atom stereocenters. The van der Waals surface area contributed by atoms with E-state index in [0.29, 0.717) is 35.7 Å². The molecule has 2 amide bonds. The average molecular weight is 772 g/mol. The molecule has 0 aliphatic carbocycles. The van der Waals surface area contributed by atoms with Crippen LogP contribution in [0.4, 0.5) is 23.0 Å². The van der Waals surface area contributed by atoms with Gasteiger partial charge in [0.2, 0.25) is 17.8 Å². The van der Waals surface area contributed by atoms with E-state index in [4.69, 9.17) is 26.0 Å². The molecule has 288 valence electrons. The van der Waals surface area contributed by atoms with Crippen molar-refractivity contribution in [1.82, 2.24) is 19.8 Å². The maximum absolute atomic E-state index is 13.5. The summed E-state index contributed by atoms with van der Waals surface area (Å²) in [7, 11) is 0. The number of furan rings is 2. The number of likely N-dealkylation sites (tertiary alicyclic amines) is 2. The van der Waals surface area contributed by atoms with Crippen molar-refractivity contribution in [2.75, 3.05) is 47.4 Å². The number of pyridine rings is 2. The van der Waals surface area contributed by atoms with Crippen molar-refractivity contribution in [2.45, 2.75) is 52.0 Å². The van der Waals surface area contributed by atoms with E-state index in [-0.39, 0.29) is 18.4 Å². The third kappa shape index (κ3) is 10.1. The molecule has 6 aromatic rings. The van der Waals surface area contributed by atoms with Gasteiger partial charge < -0.3 is 39.9 Å². The first kappa shape index (κ1) is 38.0. The van der Waals surface area contributed by atoms with Crippen LogP contribution in [0.2, 0.25) is 0 Å². The molecule has 56 heavy (non-hydrogen) atoms. The lowest BCUT2D eigenvalue weighted by Crippen LogP contribution is -2.45. The van der Waals surface area contributed by atoms with E-state index in [2.05, 4.69) is 31.2 Å². The van der Waals surface area contributed by atoms with E-state index in [1.54, 1.807) is 17.3 Å². The molecule has 14 heteroatoms. The second-order valence-corrected chi connectivity index (χ2v) is 14.2. The maximum Gasteiger partial charge on any atom is 0.247 e. The zero-order valence-electron chi connectivity index (χ0n) is 31.5. The largest absolute Gasteiger partial charge is 0.461 e. The molecule has 2 aliphatic heterocycles. The molecule has 8 rings (SSSR count). The number of nitrogens with zero attached hydrogens (tertiary/aromatic N) is 5. The van der Waals surface area contributed by atoms with Crippen LogP contribution in [-0.4, -0.2) is 74.9 Å². The van der Waals surface area contributed by atoms with Crippen molar-refractivity contribution < 1.29 is 18.4 Å². The van der Waals surface area contributed by atoms with Crippen LogP contribution in [0.25, 0.3) is 21.9 Å². The van der Waals surface area contributed by atoms with E-state index in [0.717, 1.165) is 83.6 Å². The normalized spacial score (nSPS) is 15.9. The van der Waals surface area contributed by atoms with Crippen LogP contribution in [0.1, 0.15) is 43.6 Å². The number of nitrogens with one attached hydrogen (secondary N) is 4. The molecular weight excluding hydrogens is 727 g/mol. The molecule has 2 fully saturated rings. The Hall–Kier alpha value is -6.28. The molecule has 4 N–H and O–H groups in total. The number of thiocarbonyl (C=S) groups is 1. The number of anilines is 4. The smallest absolute Gasteiger partial charge is 0.247 e. The second-order valence-electron chi connectivity index (χ2n) is 13.8. The summed E-state index contributed by atoms with van der Waals surface area (Å²) < 4.78 is 11.2. The van der Waals surface area contributed by atoms with Gasteiger partial charge in [-0.25, -0.2) is 15.0 Å². The Morgan fingerprint density at radius 1 is 0.750 bits per heavy atom. The SMILES string of the molecule is Cc1cc2cc(NC(=N[C@H]3CCCCN(CC(=O)N4CCCC4)C3=O)Nc3ccccn3)ccc2o1.Cc1cc2cc(NC(=S)Nc3ccccn3)ccc2o1. The van der Waals surface area contributed by atoms with Crippen molar-refractivity contribution in [1.29, 1.82) is 0 Å². The molecule has 13 nitrogen and oxygen atoms in total. The Bertz CT molecular complexity index is 2320. The number of benzene rings is 2. The van der Waals surface area contributed by atoms with Gasteiger partial charge >= 0.3 is 0 Å².